The topological polar surface area (TPSA) is 87.5 Å². The predicted octanol–water partition coefficient (Wildman–Crippen LogP) is 0.864. The van der Waals surface area contributed by atoms with Crippen LogP contribution < -0.4 is 10.6 Å². The van der Waals surface area contributed by atoms with Gasteiger partial charge in [0.25, 0.3) is 0 Å². The summed E-state index contributed by atoms with van der Waals surface area (Å²) in [6.07, 6.45) is 0. The van der Waals surface area contributed by atoms with Crippen molar-refractivity contribution in [1.82, 2.24) is 15.4 Å². The standard InChI is InChI=1S/C14H22N4O3S/c1-9-7-15-4-5-18(9)13(19)8-22-11(3)14(20)16-12-6-10(2)21-17-12/h6,9,11,15H,4-5,7-8H2,1-3H3,(H,16,17,20)/t9-,11?/m1/s1. The van der Waals surface area contributed by atoms with E-state index in [2.05, 4.69) is 15.8 Å². The van der Waals surface area contributed by atoms with E-state index < -0.39 is 0 Å². The van der Waals surface area contributed by atoms with Crippen LogP contribution in [0.1, 0.15) is 19.6 Å². The molecule has 1 saturated heterocycles. The van der Waals surface area contributed by atoms with Gasteiger partial charge in [0.05, 0.1) is 11.0 Å². The van der Waals surface area contributed by atoms with Crippen molar-refractivity contribution >= 4 is 29.4 Å². The summed E-state index contributed by atoms with van der Waals surface area (Å²) in [7, 11) is 0. The number of nitrogens with zero attached hydrogens (tertiary/aromatic N) is 2. The molecule has 0 aliphatic carbocycles. The van der Waals surface area contributed by atoms with Gasteiger partial charge in [-0.2, -0.15) is 0 Å². The van der Waals surface area contributed by atoms with Crippen LogP contribution in [0.2, 0.25) is 0 Å². The molecule has 122 valence electrons. The van der Waals surface area contributed by atoms with Gasteiger partial charge in [0.2, 0.25) is 11.8 Å². The lowest BCUT2D eigenvalue weighted by molar-refractivity contribution is -0.131. The fraction of sp³-hybridized carbons (Fsp3) is 0.643. The number of carbonyl (C=O) groups excluding carboxylic acids is 2. The van der Waals surface area contributed by atoms with Crippen LogP contribution in [0.3, 0.4) is 0 Å². The second-order valence-electron chi connectivity index (χ2n) is 5.41. The van der Waals surface area contributed by atoms with Gasteiger partial charge in [-0.25, -0.2) is 0 Å². The Hall–Kier alpha value is -1.54. The third-order valence-electron chi connectivity index (χ3n) is 3.53. The summed E-state index contributed by atoms with van der Waals surface area (Å²) >= 11 is 1.33. The Morgan fingerprint density at radius 3 is 3.05 bits per heavy atom. The van der Waals surface area contributed by atoms with Crippen LogP contribution >= 0.6 is 11.8 Å². The van der Waals surface area contributed by atoms with E-state index in [1.54, 1.807) is 19.9 Å². The Morgan fingerprint density at radius 1 is 1.64 bits per heavy atom. The highest BCUT2D eigenvalue weighted by atomic mass is 32.2. The summed E-state index contributed by atoms with van der Waals surface area (Å²) in [5, 5.41) is 9.31. The second-order valence-corrected chi connectivity index (χ2v) is 6.73. The van der Waals surface area contributed by atoms with Crippen LogP contribution in [0.4, 0.5) is 5.82 Å². The van der Waals surface area contributed by atoms with Gasteiger partial charge in [-0.15, -0.1) is 11.8 Å². The number of aryl methyl sites for hydroxylation is 1. The fourth-order valence-corrected chi connectivity index (χ4v) is 2.99. The normalized spacial score (nSPS) is 19.8. The van der Waals surface area contributed by atoms with Gasteiger partial charge in [0, 0.05) is 31.7 Å². The van der Waals surface area contributed by atoms with Crippen molar-refractivity contribution in [2.75, 3.05) is 30.7 Å². The number of hydrogen-bond donors (Lipinski definition) is 2. The van der Waals surface area contributed by atoms with Crippen molar-refractivity contribution in [2.24, 2.45) is 0 Å². The molecule has 0 bridgehead atoms. The molecule has 22 heavy (non-hydrogen) atoms. The number of nitrogens with one attached hydrogen (secondary N) is 2. The van der Waals surface area contributed by atoms with Crippen LogP contribution in [0.15, 0.2) is 10.6 Å². The minimum atomic E-state index is -0.334. The average molecular weight is 326 g/mol. The summed E-state index contributed by atoms with van der Waals surface area (Å²) in [6, 6.07) is 1.85. The molecule has 1 fully saturated rings. The first-order valence-corrected chi connectivity index (χ1v) is 8.38. The molecule has 1 aromatic rings. The average Bonchev–Trinajstić information content (AvgIpc) is 2.90. The molecule has 1 aromatic heterocycles. The lowest BCUT2D eigenvalue weighted by atomic mass is 10.2. The maximum atomic E-state index is 12.2. The molecule has 2 rings (SSSR count). The Kier molecular flexibility index (Phi) is 5.84. The van der Waals surface area contributed by atoms with Gasteiger partial charge in [-0.05, 0) is 20.8 Å². The van der Waals surface area contributed by atoms with Crippen LogP contribution in [-0.2, 0) is 9.59 Å². The van der Waals surface area contributed by atoms with E-state index in [1.807, 2.05) is 11.8 Å². The first kappa shape index (κ1) is 16.8. The van der Waals surface area contributed by atoms with E-state index in [1.165, 1.54) is 11.8 Å². The van der Waals surface area contributed by atoms with E-state index >= 15 is 0 Å². The van der Waals surface area contributed by atoms with E-state index in [0.717, 1.165) is 19.6 Å². The molecule has 2 atom stereocenters. The van der Waals surface area contributed by atoms with Crippen molar-refractivity contribution in [2.45, 2.75) is 32.1 Å². The van der Waals surface area contributed by atoms with E-state index in [-0.39, 0.29) is 23.1 Å². The van der Waals surface area contributed by atoms with Crippen molar-refractivity contribution < 1.29 is 14.1 Å². The number of aromatic nitrogens is 1. The number of rotatable bonds is 5. The minimum absolute atomic E-state index is 0.0796. The van der Waals surface area contributed by atoms with Gasteiger partial charge in [0.1, 0.15) is 5.76 Å². The molecule has 1 aliphatic heterocycles. The highest BCUT2D eigenvalue weighted by Crippen LogP contribution is 2.16. The number of thioether (sulfide) groups is 1. The van der Waals surface area contributed by atoms with Crippen molar-refractivity contribution in [1.29, 1.82) is 0 Å². The largest absolute Gasteiger partial charge is 0.360 e. The van der Waals surface area contributed by atoms with Gasteiger partial charge in [-0.3, -0.25) is 9.59 Å². The Labute approximate surface area is 134 Å². The third-order valence-corrected chi connectivity index (χ3v) is 4.65. The maximum absolute atomic E-state index is 12.2. The second kappa shape index (κ2) is 7.64. The first-order valence-electron chi connectivity index (χ1n) is 7.33. The van der Waals surface area contributed by atoms with Crippen molar-refractivity contribution in [3.63, 3.8) is 0 Å². The Bertz CT molecular complexity index is 534. The van der Waals surface area contributed by atoms with Crippen LogP contribution in [0.25, 0.3) is 0 Å². The Balaban J connectivity index is 1.77. The zero-order valence-electron chi connectivity index (χ0n) is 13.1. The summed E-state index contributed by atoms with van der Waals surface area (Å²) in [6.45, 7) is 7.92. The monoisotopic (exact) mass is 326 g/mol. The molecule has 0 spiro atoms. The van der Waals surface area contributed by atoms with Crippen molar-refractivity contribution in [3.8, 4) is 0 Å². The summed E-state index contributed by atoms with van der Waals surface area (Å²) in [5.74, 6) is 1.24. The van der Waals surface area contributed by atoms with E-state index in [0.29, 0.717) is 17.3 Å². The highest BCUT2D eigenvalue weighted by molar-refractivity contribution is 8.01. The number of carbonyl (C=O) groups is 2. The van der Waals surface area contributed by atoms with Gasteiger partial charge in [0.15, 0.2) is 5.82 Å². The minimum Gasteiger partial charge on any atom is -0.360 e. The molecule has 1 aliphatic rings. The molecular weight excluding hydrogens is 304 g/mol. The first-order chi connectivity index (χ1) is 10.5. The highest BCUT2D eigenvalue weighted by Gasteiger charge is 2.24. The summed E-state index contributed by atoms with van der Waals surface area (Å²) in [5.41, 5.74) is 0. The number of anilines is 1. The number of amides is 2. The zero-order valence-corrected chi connectivity index (χ0v) is 13.9. The predicted molar refractivity (Wildman–Crippen MR) is 85.8 cm³/mol. The third kappa shape index (κ3) is 4.48. The van der Waals surface area contributed by atoms with Crippen LogP contribution in [0, 0.1) is 6.92 Å². The molecule has 0 radical (unpaired) electrons. The SMILES string of the molecule is Cc1cc(NC(=O)C(C)SCC(=O)N2CCNC[C@H]2C)no1. The molecule has 2 N–H and O–H groups in total. The molecule has 0 aromatic carbocycles. The van der Waals surface area contributed by atoms with Gasteiger partial charge in [-0.1, -0.05) is 5.16 Å². The smallest absolute Gasteiger partial charge is 0.238 e. The van der Waals surface area contributed by atoms with E-state index in [9.17, 15) is 9.59 Å². The van der Waals surface area contributed by atoms with Gasteiger partial charge < -0.3 is 20.1 Å². The lowest BCUT2D eigenvalue weighted by Crippen LogP contribution is -2.52. The molecule has 0 saturated carbocycles. The van der Waals surface area contributed by atoms with Crippen molar-refractivity contribution in [3.05, 3.63) is 11.8 Å². The molecular formula is C14H22N4O3S. The lowest BCUT2D eigenvalue weighted by Gasteiger charge is -2.34. The van der Waals surface area contributed by atoms with Crippen LogP contribution in [0.5, 0.6) is 0 Å². The molecule has 2 heterocycles. The summed E-state index contributed by atoms with van der Waals surface area (Å²) < 4.78 is 4.90. The fourth-order valence-electron chi connectivity index (χ4n) is 2.22. The molecule has 7 nitrogen and oxygen atoms in total. The van der Waals surface area contributed by atoms with Gasteiger partial charge >= 0.3 is 0 Å². The quantitative estimate of drug-likeness (QED) is 0.835. The zero-order chi connectivity index (χ0) is 16.1. The molecule has 1 unspecified atom stereocenters. The molecule has 8 heteroatoms. The maximum Gasteiger partial charge on any atom is 0.238 e. The molecule has 2 amide bonds. The van der Waals surface area contributed by atoms with E-state index in [4.69, 9.17) is 4.52 Å². The number of piperazine rings is 1. The number of hydrogen-bond acceptors (Lipinski definition) is 6. The van der Waals surface area contributed by atoms with Crippen LogP contribution in [-0.4, -0.2) is 58.5 Å². The summed E-state index contributed by atoms with van der Waals surface area (Å²) in [4.78, 5) is 26.1. The Morgan fingerprint density at radius 2 is 2.41 bits per heavy atom.